The number of aryl methyl sites for hydroxylation is 1. The van der Waals surface area contributed by atoms with Gasteiger partial charge in [0.25, 0.3) is 0 Å². The van der Waals surface area contributed by atoms with Crippen LogP contribution in [0, 0.1) is 12.3 Å². The van der Waals surface area contributed by atoms with Crippen LogP contribution in [0.25, 0.3) is 5.57 Å². The fourth-order valence-corrected chi connectivity index (χ4v) is 1.75. The van der Waals surface area contributed by atoms with Crippen LogP contribution in [0.1, 0.15) is 35.8 Å². The number of allylic oxidation sites excluding steroid dienone is 3. The zero-order valence-corrected chi connectivity index (χ0v) is 8.79. The first-order chi connectivity index (χ1) is 7.27. The van der Waals surface area contributed by atoms with Gasteiger partial charge >= 0.3 is 0 Å². The first kappa shape index (κ1) is 9.90. The van der Waals surface area contributed by atoms with Gasteiger partial charge in [0, 0.05) is 17.4 Å². The predicted octanol–water partition coefficient (Wildman–Crippen LogP) is 3.08. The van der Waals surface area contributed by atoms with E-state index in [9.17, 15) is 0 Å². The van der Waals surface area contributed by atoms with Crippen LogP contribution in [-0.4, -0.2) is 11.4 Å². The van der Waals surface area contributed by atoms with Crippen molar-refractivity contribution in [3.8, 4) is 0 Å². The van der Waals surface area contributed by atoms with E-state index in [1.807, 2.05) is 6.92 Å². The minimum atomic E-state index is 0.583. The minimum absolute atomic E-state index is 0.583. The third-order valence-corrected chi connectivity index (χ3v) is 2.61. The number of hydrogen-bond donors (Lipinski definition) is 1. The second-order valence-corrected chi connectivity index (χ2v) is 3.79. The van der Waals surface area contributed by atoms with Crippen LogP contribution in [0.15, 0.2) is 23.3 Å². The Hall–Kier alpha value is -1.64. The molecule has 1 saturated carbocycles. The Morgan fingerprint density at radius 2 is 2.33 bits per heavy atom. The molecule has 3 heteroatoms. The van der Waals surface area contributed by atoms with Crippen LogP contribution < -0.4 is 0 Å². The van der Waals surface area contributed by atoms with Crippen molar-refractivity contribution >= 4 is 11.8 Å². The maximum absolute atomic E-state index is 7.34. The van der Waals surface area contributed by atoms with Gasteiger partial charge in [0.2, 0.25) is 0 Å². The Morgan fingerprint density at radius 1 is 1.60 bits per heavy atom. The Kier molecular flexibility index (Phi) is 2.54. The van der Waals surface area contributed by atoms with Gasteiger partial charge in [0.1, 0.15) is 0 Å². The normalized spacial score (nSPS) is 16.5. The van der Waals surface area contributed by atoms with Crippen LogP contribution >= 0.6 is 0 Å². The summed E-state index contributed by atoms with van der Waals surface area (Å²) in [6.45, 7) is 5.58. The first-order valence-corrected chi connectivity index (χ1v) is 5.07. The van der Waals surface area contributed by atoms with Gasteiger partial charge in [-0.15, -0.1) is 0 Å². The second-order valence-electron chi connectivity index (χ2n) is 3.79. The summed E-state index contributed by atoms with van der Waals surface area (Å²) >= 11 is 0. The average molecular weight is 202 g/mol. The summed E-state index contributed by atoms with van der Waals surface area (Å²) in [5, 5.41) is 11.3. The molecule has 0 radical (unpaired) electrons. The van der Waals surface area contributed by atoms with Crippen molar-refractivity contribution in [3.05, 3.63) is 35.7 Å². The van der Waals surface area contributed by atoms with Crippen molar-refractivity contribution in [1.29, 1.82) is 5.41 Å². The lowest BCUT2D eigenvalue weighted by atomic mass is 10.0. The minimum Gasteiger partial charge on any atom is -0.356 e. The quantitative estimate of drug-likeness (QED) is 0.602. The molecule has 0 amide bonds. The summed E-state index contributed by atoms with van der Waals surface area (Å²) in [6.07, 6.45) is 7.13. The summed E-state index contributed by atoms with van der Waals surface area (Å²) in [5.41, 5.74) is 2.86. The zero-order chi connectivity index (χ0) is 10.8. The van der Waals surface area contributed by atoms with Crippen LogP contribution in [0.3, 0.4) is 0 Å². The van der Waals surface area contributed by atoms with E-state index in [-0.39, 0.29) is 0 Å². The lowest BCUT2D eigenvalue weighted by Crippen LogP contribution is -1.89. The highest BCUT2D eigenvalue weighted by molar-refractivity contribution is 6.08. The first-order valence-electron chi connectivity index (χ1n) is 5.07. The van der Waals surface area contributed by atoms with Crippen molar-refractivity contribution < 1.29 is 4.52 Å². The van der Waals surface area contributed by atoms with Crippen molar-refractivity contribution in [3.63, 3.8) is 0 Å². The molecule has 0 aliphatic heterocycles. The molecular weight excluding hydrogens is 188 g/mol. The number of rotatable bonds is 4. The van der Waals surface area contributed by atoms with Gasteiger partial charge in [-0.1, -0.05) is 23.9 Å². The van der Waals surface area contributed by atoms with E-state index in [0.29, 0.717) is 5.92 Å². The van der Waals surface area contributed by atoms with E-state index < -0.39 is 0 Å². The molecule has 0 aromatic carbocycles. The lowest BCUT2D eigenvalue weighted by molar-refractivity contribution is 0.406. The summed E-state index contributed by atoms with van der Waals surface area (Å²) in [4.78, 5) is 0. The van der Waals surface area contributed by atoms with Gasteiger partial charge in [-0.2, -0.15) is 0 Å². The molecule has 0 bridgehead atoms. The van der Waals surface area contributed by atoms with Crippen molar-refractivity contribution in [2.45, 2.75) is 25.7 Å². The van der Waals surface area contributed by atoms with Gasteiger partial charge in [0.05, 0.1) is 5.69 Å². The Bertz CT molecular complexity index is 425. The lowest BCUT2D eigenvalue weighted by Gasteiger charge is -1.99. The molecule has 1 aliphatic carbocycles. The highest BCUT2D eigenvalue weighted by Crippen LogP contribution is 2.44. The van der Waals surface area contributed by atoms with Gasteiger partial charge < -0.3 is 9.93 Å². The maximum Gasteiger partial charge on any atom is 0.172 e. The van der Waals surface area contributed by atoms with Gasteiger partial charge in [-0.25, -0.2) is 0 Å². The van der Waals surface area contributed by atoms with Crippen molar-refractivity contribution in [2.24, 2.45) is 0 Å². The SMILES string of the molecule is C=CC=C(C=N)c1onc(C)c1C1CC1. The Morgan fingerprint density at radius 3 is 2.87 bits per heavy atom. The fourth-order valence-electron chi connectivity index (χ4n) is 1.75. The summed E-state index contributed by atoms with van der Waals surface area (Å²) in [6, 6.07) is 0. The summed E-state index contributed by atoms with van der Waals surface area (Å²) in [7, 11) is 0. The number of aromatic nitrogens is 1. The van der Waals surface area contributed by atoms with Gasteiger partial charge in [-0.3, -0.25) is 0 Å². The second kappa shape index (κ2) is 3.85. The molecule has 3 nitrogen and oxygen atoms in total. The van der Waals surface area contributed by atoms with E-state index in [4.69, 9.17) is 9.93 Å². The maximum atomic E-state index is 7.34. The molecule has 1 N–H and O–H groups in total. The average Bonchev–Trinajstić information content (AvgIpc) is 2.99. The zero-order valence-electron chi connectivity index (χ0n) is 8.79. The molecule has 1 fully saturated rings. The number of nitrogens with zero attached hydrogens (tertiary/aromatic N) is 1. The highest BCUT2D eigenvalue weighted by atomic mass is 16.5. The molecule has 1 heterocycles. The van der Waals surface area contributed by atoms with Crippen molar-refractivity contribution in [1.82, 2.24) is 5.16 Å². The summed E-state index contributed by atoms with van der Waals surface area (Å²) < 4.78 is 5.28. The predicted molar refractivity (Wildman–Crippen MR) is 60.2 cm³/mol. The molecule has 78 valence electrons. The number of nitrogens with one attached hydrogen (secondary N) is 1. The smallest absolute Gasteiger partial charge is 0.172 e. The van der Waals surface area contributed by atoms with E-state index in [1.165, 1.54) is 24.6 Å². The highest BCUT2D eigenvalue weighted by Gasteiger charge is 2.31. The molecule has 0 unspecified atom stereocenters. The molecule has 1 aromatic heterocycles. The Labute approximate surface area is 89.0 Å². The fraction of sp³-hybridized carbons (Fsp3) is 0.333. The van der Waals surface area contributed by atoms with Crippen LogP contribution in [0.5, 0.6) is 0 Å². The molecular formula is C12H14N2O. The van der Waals surface area contributed by atoms with Crippen molar-refractivity contribution in [2.75, 3.05) is 0 Å². The summed E-state index contributed by atoms with van der Waals surface area (Å²) in [5.74, 6) is 1.32. The standard InChI is InChI=1S/C12H14N2O/c1-3-4-10(7-13)12-11(9-5-6-9)8(2)14-15-12/h3-4,7,9,13H,1,5-6H2,2H3. The molecule has 15 heavy (non-hydrogen) atoms. The van der Waals surface area contributed by atoms with Gasteiger partial charge in [0.15, 0.2) is 5.76 Å². The monoisotopic (exact) mass is 202 g/mol. The van der Waals surface area contributed by atoms with Crippen LogP contribution in [0.4, 0.5) is 0 Å². The van der Waals surface area contributed by atoms with E-state index >= 15 is 0 Å². The van der Waals surface area contributed by atoms with E-state index in [1.54, 1.807) is 12.2 Å². The largest absolute Gasteiger partial charge is 0.356 e. The molecule has 1 aromatic rings. The number of hydrogen-bond acceptors (Lipinski definition) is 3. The Balaban J connectivity index is 2.46. The van der Waals surface area contributed by atoms with Crippen LogP contribution in [-0.2, 0) is 0 Å². The van der Waals surface area contributed by atoms with Crippen LogP contribution in [0.2, 0.25) is 0 Å². The third-order valence-electron chi connectivity index (χ3n) is 2.61. The third kappa shape index (κ3) is 1.77. The molecule has 0 spiro atoms. The molecule has 2 rings (SSSR count). The molecule has 1 aliphatic rings. The topological polar surface area (TPSA) is 49.9 Å². The van der Waals surface area contributed by atoms with Gasteiger partial charge in [-0.05, 0) is 25.7 Å². The molecule has 0 saturated heterocycles. The van der Waals surface area contributed by atoms with E-state index in [2.05, 4.69) is 11.7 Å². The van der Waals surface area contributed by atoms with E-state index in [0.717, 1.165) is 17.0 Å². The molecule has 0 atom stereocenters.